The van der Waals surface area contributed by atoms with Crippen LogP contribution in [-0.2, 0) is 23.4 Å². The smallest absolute Gasteiger partial charge is 0.326 e. The Hall–Kier alpha value is -3.36. The number of nitrogens with two attached hydrogens (primary N) is 1. The van der Waals surface area contributed by atoms with E-state index in [1.165, 1.54) is 31.9 Å². The van der Waals surface area contributed by atoms with Gasteiger partial charge in [-0.3, -0.25) is 13.9 Å². The summed E-state index contributed by atoms with van der Waals surface area (Å²) in [5, 5.41) is 10.9. The predicted octanol–water partition coefficient (Wildman–Crippen LogP) is 2.51. The number of hydroxylamine groups is 1. The van der Waals surface area contributed by atoms with Gasteiger partial charge in [-0.2, -0.15) is 9.97 Å². The van der Waals surface area contributed by atoms with Crippen molar-refractivity contribution >= 4 is 37.1 Å². The van der Waals surface area contributed by atoms with Crippen molar-refractivity contribution in [3.8, 4) is 5.75 Å². The molecule has 2 aromatic heterocycles. The fourth-order valence-electron chi connectivity index (χ4n) is 4.54. The predicted molar refractivity (Wildman–Crippen MR) is 148 cm³/mol. The van der Waals surface area contributed by atoms with Crippen LogP contribution in [-0.4, -0.2) is 86.2 Å². The highest BCUT2D eigenvalue weighted by Gasteiger charge is 2.55. The molecule has 1 aliphatic rings. The van der Waals surface area contributed by atoms with E-state index in [2.05, 4.69) is 15.0 Å². The van der Waals surface area contributed by atoms with Gasteiger partial charge in [0.25, 0.3) is 8.18 Å². The molecule has 1 aromatic carbocycles. The maximum absolute atomic E-state index is 16.0. The molecule has 3 aromatic rings. The van der Waals surface area contributed by atoms with Crippen LogP contribution in [0.5, 0.6) is 5.75 Å². The number of fused-ring (bicyclic) bond motifs is 1. The van der Waals surface area contributed by atoms with Crippen LogP contribution >= 0.6 is 8.18 Å². The van der Waals surface area contributed by atoms with E-state index in [-0.39, 0.29) is 11.6 Å². The minimum atomic E-state index is -3.27. The third kappa shape index (κ3) is 6.14. The SMILES string of the molecule is CCN(CC)c1nc(N)nc2c1ncn2[C@@H]1O[C@H](CO[PH](=O)N(Oc2ccccc2)C(C)C(=O)OC)[C@@H](O)[C@@]1(C)F. The van der Waals surface area contributed by atoms with Gasteiger partial charge < -0.3 is 34.6 Å². The van der Waals surface area contributed by atoms with Crippen molar-refractivity contribution in [2.45, 2.75) is 57.8 Å². The number of methoxy groups -OCH3 is 1. The summed E-state index contributed by atoms with van der Waals surface area (Å²) in [7, 11) is -2.09. The van der Waals surface area contributed by atoms with Crippen LogP contribution in [0, 0.1) is 0 Å². The van der Waals surface area contributed by atoms with Gasteiger partial charge in [-0.1, -0.05) is 23.0 Å². The Morgan fingerprint density at radius 2 is 1.98 bits per heavy atom. The number of hydrogen-bond donors (Lipinski definition) is 2. The summed E-state index contributed by atoms with van der Waals surface area (Å²) < 4.78 is 46.7. The first-order valence-electron chi connectivity index (χ1n) is 13.1. The lowest BCUT2D eigenvalue weighted by atomic mass is 9.98. The zero-order valence-electron chi connectivity index (χ0n) is 23.4. The summed E-state index contributed by atoms with van der Waals surface area (Å²) >= 11 is 0. The number of aliphatic hydroxyl groups excluding tert-OH is 1. The van der Waals surface area contributed by atoms with Gasteiger partial charge in [0, 0.05) is 13.1 Å². The number of rotatable bonds is 12. The van der Waals surface area contributed by atoms with Crippen molar-refractivity contribution in [1.82, 2.24) is 24.4 Å². The van der Waals surface area contributed by atoms with Crippen molar-refractivity contribution in [1.29, 1.82) is 0 Å². The number of esters is 1. The fourth-order valence-corrected chi connectivity index (χ4v) is 5.57. The highest BCUT2D eigenvalue weighted by atomic mass is 31.1. The van der Waals surface area contributed by atoms with E-state index >= 15 is 4.39 Å². The zero-order chi connectivity index (χ0) is 29.9. The van der Waals surface area contributed by atoms with Crippen LogP contribution in [0.3, 0.4) is 0 Å². The molecule has 1 aliphatic heterocycles. The van der Waals surface area contributed by atoms with E-state index in [1.54, 1.807) is 30.3 Å². The number of ether oxygens (including phenoxy) is 2. The molecule has 2 unspecified atom stereocenters. The van der Waals surface area contributed by atoms with Gasteiger partial charge in [0.1, 0.15) is 24.0 Å². The number of aromatic nitrogens is 4. The van der Waals surface area contributed by atoms with Crippen LogP contribution in [0.4, 0.5) is 16.2 Å². The van der Waals surface area contributed by atoms with Crippen LogP contribution in [0.2, 0.25) is 0 Å². The molecule has 41 heavy (non-hydrogen) atoms. The molecule has 0 saturated carbocycles. The maximum atomic E-state index is 16.0. The molecule has 0 spiro atoms. The minimum Gasteiger partial charge on any atom is -0.468 e. The lowest BCUT2D eigenvalue weighted by Gasteiger charge is -2.26. The third-order valence-corrected chi connectivity index (χ3v) is 8.10. The van der Waals surface area contributed by atoms with E-state index in [0.717, 1.165) is 4.83 Å². The highest BCUT2D eigenvalue weighted by molar-refractivity contribution is 7.36. The Labute approximate surface area is 237 Å². The van der Waals surface area contributed by atoms with Gasteiger partial charge in [0.05, 0.1) is 20.0 Å². The summed E-state index contributed by atoms with van der Waals surface area (Å²) in [5.74, 6) is 0.0499. The average molecular weight is 596 g/mol. The standard InChI is InChI=1S/C25H35FN7O7P/c1-6-31(7-2)20-18-21(30-24(27)29-20)32(14-28-18)23-25(4,26)19(34)17(39-23)13-38-41(36)33(15(3)22(35)37-5)40-16-11-9-8-10-12-16/h8-12,14-15,17,19,23,34,41H,6-7,13H2,1-5H3,(H2,27,29,30)/t15?,17-,19-,23-,25-/m1/s1. The van der Waals surface area contributed by atoms with E-state index in [0.29, 0.717) is 30.2 Å². The van der Waals surface area contributed by atoms with Crippen LogP contribution < -0.4 is 15.5 Å². The van der Waals surface area contributed by atoms with Crippen LogP contribution in [0.1, 0.15) is 33.9 Å². The lowest BCUT2D eigenvalue weighted by Crippen LogP contribution is -2.41. The molecule has 0 amide bonds. The molecule has 0 radical (unpaired) electrons. The zero-order valence-corrected chi connectivity index (χ0v) is 24.4. The summed E-state index contributed by atoms with van der Waals surface area (Å²) in [4.78, 5) is 33.6. The Bertz CT molecular complexity index is 1380. The van der Waals surface area contributed by atoms with Crippen molar-refractivity contribution in [2.75, 3.05) is 37.4 Å². The fraction of sp³-hybridized carbons (Fsp3) is 0.520. The first-order valence-corrected chi connectivity index (χ1v) is 14.3. The van der Waals surface area contributed by atoms with Gasteiger partial charge >= 0.3 is 5.97 Å². The van der Waals surface area contributed by atoms with Crippen LogP contribution in [0.15, 0.2) is 36.7 Å². The molecule has 0 bridgehead atoms. The van der Waals surface area contributed by atoms with Crippen molar-refractivity contribution in [2.24, 2.45) is 0 Å². The minimum absolute atomic E-state index is 0.0306. The lowest BCUT2D eigenvalue weighted by molar-refractivity contribution is -0.152. The van der Waals surface area contributed by atoms with Crippen molar-refractivity contribution in [3.05, 3.63) is 36.7 Å². The number of para-hydroxylation sites is 1. The van der Waals surface area contributed by atoms with Gasteiger partial charge in [-0.05, 0) is 39.8 Å². The number of anilines is 2. The third-order valence-electron chi connectivity index (χ3n) is 6.85. The quantitative estimate of drug-likeness (QED) is 0.178. The number of imidazole rings is 1. The molecule has 1 fully saturated rings. The Kier molecular flexibility index (Phi) is 9.44. The first-order chi connectivity index (χ1) is 19.5. The Balaban J connectivity index is 1.55. The van der Waals surface area contributed by atoms with E-state index in [4.69, 9.17) is 24.6 Å². The van der Waals surface area contributed by atoms with Gasteiger partial charge in [0.15, 0.2) is 28.9 Å². The maximum Gasteiger partial charge on any atom is 0.326 e. The molecule has 3 N–H and O–H groups in total. The molecule has 3 heterocycles. The Morgan fingerprint density at radius 3 is 2.61 bits per heavy atom. The second kappa shape index (κ2) is 12.7. The van der Waals surface area contributed by atoms with Gasteiger partial charge in [-0.15, -0.1) is 0 Å². The van der Waals surface area contributed by atoms with E-state index in [9.17, 15) is 14.5 Å². The first kappa shape index (κ1) is 30.6. The van der Waals surface area contributed by atoms with Crippen molar-refractivity contribution in [3.63, 3.8) is 0 Å². The number of nitrogens with zero attached hydrogens (tertiary/aromatic N) is 6. The molecule has 1 saturated heterocycles. The number of halogens is 1. The van der Waals surface area contributed by atoms with Crippen molar-refractivity contribution < 1.29 is 37.7 Å². The topological polar surface area (TPSA) is 167 Å². The largest absolute Gasteiger partial charge is 0.468 e. The highest BCUT2D eigenvalue weighted by Crippen LogP contribution is 2.44. The number of benzene rings is 1. The number of alkyl halides is 1. The monoisotopic (exact) mass is 595 g/mol. The van der Waals surface area contributed by atoms with Crippen LogP contribution in [0.25, 0.3) is 11.2 Å². The van der Waals surface area contributed by atoms with Gasteiger partial charge in [0.2, 0.25) is 5.95 Å². The normalized spacial score (nSPS) is 24.0. The summed E-state index contributed by atoms with van der Waals surface area (Å²) in [6, 6.07) is 7.25. The molecule has 6 atom stereocenters. The molecular formula is C25H35FN7O7P. The molecule has 14 nitrogen and oxygen atoms in total. The molecular weight excluding hydrogens is 560 g/mol. The molecule has 4 rings (SSSR count). The number of carbonyl (C=O) groups excluding carboxylic acids is 1. The number of carbonyl (C=O) groups is 1. The summed E-state index contributed by atoms with van der Waals surface area (Å²) in [6.45, 7) is 7.30. The van der Waals surface area contributed by atoms with E-state index < -0.39 is 50.9 Å². The summed E-state index contributed by atoms with van der Waals surface area (Å²) in [6.07, 6.45) is -2.94. The molecule has 0 aliphatic carbocycles. The average Bonchev–Trinajstić information content (AvgIpc) is 3.47. The van der Waals surface area contributed by atoms with E-state index in [1.807, 2.05) is 18.7 Å². The van der Waals surface area contributed by atoms with Gasteiger partial charge in [-0.25, -0.2) is 9.37 Å². The summed E-state index contributed by atoms with van der Waals surface area (Å²) in [5.41, 5.74) is 4.26. The number of aliphatic hydroxyl groups is 1. The second-order valence-corrected chi connectivity index (χ2v) is 10.8. The Morgan fingerprint density at radius 1 is 1.29 bits per heavy atom. The molecule has 16 heteroatoms. The number of hydrogen-bond acceptors (Lipinski definition) is 12. The second-order valence-electron chi connectivity index (χ2n) is 9.53. The number of nitrogen functional groups attached to an aromatic ring is 1. The molecule has 224 valence electrons.